The zero-order chi connectivity index (χ0) is 16.7. The summed E-state index contributed by atoms with van der Waals surface area (Å²) in [5, 5.41) is 6.74. The molecular weight excluding hydrogens is 317 g/mol. The number of hydrogen-bond donors (Lipinski definition) is 2. The number of anilines is 1. The van der Waals surface area contributed by atoms with Crippen LogP contribution >= 0.6 is 0 Å². The smallest absolute Gasteiger partial charge is 0.224 e. The molecular formula is C17H13F3N4. The van der Waals surface area contributed by atoms with Gasteiger partial charge in [-0.15, -0.1) is 0 Å². The van der Waals surface area contributed by atoms with Crippen LogP contribution in [0.4, 0.5) is 19.1 Å². The number of fused-ring (bicyclic) bond motifs is 1. The molecule has 2 N–H and O–H groups in total. The first-order valence-electron chi connectivity index (χ1n) is 7.50. The summed E-state index contributed by atoms with van der Waals surface area (Å²) in [5.74, 6) is -1.54. The van der Waals surface area contributed by atoms with Gasteiger partial charge in [-0.05, 0) is 24.3 Å². The Morgan fingerprint density at radius 2 is 1.71 bits per heavy atom. The predicted octanol–water partition coefficient (Wildman–Crippen LogP) is 3.10. The van der Waals surface area contributed by atoms with Gasteiger partial charge in [0.15, 0.2) is 0 Å². The molecule has 1 saturated heterocycles. The average Bonchev–Trinajstić information content (AvgIpc) is 2.50. The van der Waals surface area contributed by atoms with E-state index in [9.17, 15) is 13.2 Å². The van der Waals surface area contributed by atoms with Crippen molar-refractivity contribution in [3.05, 3.63) is 53.8 Å². The van der Waals surface area contributed by atoms with Crippen LogP contribution in [0.5, 0.6) is 0 Å². The first-order valence-corrected chi connectivity index (χ1v) is 7.50. The summed E-state index contributed by atoms with van der Waals surface area (Å²) in [7, 11) is 0. The van der Waals surface area contributed by atoms with Gasteiger partial charge in [0, 0.05) is 36.2 Å². The standard InChI is InChI=1S/C17H13F3N4/c18-9-1-3-12(14(20)5-9)16-13-4-2-10(19)6-15(13)23-17(24-16)22-11-7-21-8-11/h1-6,11,21H,7-8H2,(H,22,23,24). The molecule has 1 aliphatic rings. The zero-order valence-corrected chi connectivity index (χ0v) is 12.5. The maximum Gasteiger partial charge on any atom is 0.224 e. The monoisotopic (exact) mass is 330 g/mol. The highest BCUT2D eigenvalue weighted by Gasteiger charge is 2.20. The lowest BCUT2D eigenvalue weighted by Crippen LogP contribution is -2.51. The molecule has 1 fully saturated rings. The second kappa shape index (κ2) is 5.76. The van der Waals surface area contributed by atoms with Gasteiger partial charge in [-0.1, -0.05) is 0 Å². The molecule has 1 aromatic heterocycles. The number of nitrogens with one attached hydrogen (secondary N) is 2. The van der Waals surface area contributed by atoms with E-state index in [0.717, 1.165) is 19.2 Å². The number of aromatic nitrogens is 2. The maximum atomic E-state index is 14.2. The normalized spacial score (nSPS) is 14.6. The molecule has 1 aliphatic heterocycles. The number of nitrogens with zero attached hydrogens (tertiary/aromatic N) is 2. The van der Waals surface area contributed by atoms with Gasteiger partial charge in [0.1, 0.15) is 17.5 Å². The van der Waals surface area contributed by atoms with Gasteiger partial charge in [-0.25, -0.2) is 23.1 Å². The fourth-order valence-electron chi connectivity index (χ4n) is 2.63. The number of hydrogen-bond acceptors (Lipinski definition) is 4. The van der Waals surface area contributed by atoms with Gasteiger partial charge in [-0.2, -0.15) is 0 Å². The number of benzene rings is 2. The van der Waals surface area contributed by atoms with Crippen LogP contribution in [0.15, 0.2) is 36.4 Å². The lowest BCUT2D eigenvalue weighted by molar-refractivity contribution is 0.470. The van der Waals surface area contributed by atoms with E-state index in [1.54, 1.807) is 0 Å². The average molecular weight is 330 g/mol. The fraction of sp³-hybridized carbons (Fsp3) is 0.176. The molecule has 0 atom stereocenters. The second-order valence-electron chi connectivity index (χ2n) is 5.68. The topological polar surface area (TPSA) is 49.8 Å². The third kappa shape index (κ3) is 2.67. The Labute approximate surface area is 135 Å². The van der Waals surface area contributed by atoms with Crippen LogP contribution in [0.25, 0.3) is 22.2 Å². The molecule has 3 aromatic rings. The fourth-order valence-corrected chi connectivity index (χ4v) is 2.63. The SMILES string of the molecule is Fc1ccc(-c2nc(NC3CNC3)nc3cc(F)ccc23)c(F)c1. The quantitative estimate of drug-likeness (QED) is 0.775. The molecule has 7 heteroatoms. The van der Waals surface area contributed by atoms with Gasteiger partial charge in [0.05, 0.1) is 17.3 Å². The zero-order valence-electron chi connectivity index (χ0n) is 12.5. The molecule has 0 aliphatic carbocycles. The van der Waals surface area contributed by atoms with Gasteiger partial charge in [-0.3, -0.25) is 0 Å². The van der Waals surface area contributed by atoms with E-state index >= 15 is 0 Å². The van der Waals surface area contributed by atoms with Crippen molar-refractivity contribution < 1.29 is 13.2 Å². The van der Waals surface area contributed by atoms with Crippen molar-refractivity contribution in [3.63, 3.8) is 0 Å². The van der Waals surface area contributed by atoms with E-state index in [4.69, 9.17) is 0 Å². The molecule has 24 heavy (non-hydrogen) atoms. The Hall–Kier alpha value is -2.67. The minimum absolute atomic E-state index is 0.144. The third-order valence-corrected chi connectivity index (χ3v) is 3.96. The van der Waals surface area contributed by atoms with Crippen molar-refractivity contribution in [2.45, 2.75) is 6.04 Å². The number of rotatable bonds is 3. The van der Waals surface area contributed by atoms with Gasteiger partial charge in [0.25, 0.3) is 0 Å². The summed E-state index contributed by atoms with van der Waals surface area (Å²) in [6.07, 6.45) is 0. The summed E-state index contributed by atoms with van der Waals surface area (Å²) in [5.41, 5.74) is 0.802. The van der Waals surface area contributed by atoms with Gasteiger partial charge >= 0.3 is 0 Å². The Bertz CT molecular complexity index is 925. The van der Waals surface area contributed by atoms with Crippen molar-refractivity contribution in [1.82, 2.24) is 15.3 Å². The molecule has 4 nitrogen and oxygen atoms in total. The van der Waals surface area contributed by atoms with E-state index in [1.165, 1.54) is 30.3 Å². The van der Waals surface area contributed by atoms with Crippen molar-refractivity contribution in [1.29, 1.82) is 0 Å². The minimum Gasteiger partial charge on any atom is -0.349 e. The molecule has 0 unspecified atom stereocenters. The van der Waals surface area contributed by atoms with Crippen LogP contribution in [0.3, 0.4) is 0 Å². The maximum absolute atomic E-state index is 14.2. The first kappa shape index (κ1) is 14.9. The molecule has 0 bridgehead atoms. The van der Waals surface area contributed by atoms with Crippen LogP contribution in [0.2, 0.25) is 0 Å². The lowest BCUT2D eigenvalue weighted by atomic mass is 10.1. The second-order valence-corrected chi connectivity index (χ2v) is 5.68. The summed E-state index contributed by atoms with van der Waals surface area (Å²) in [6.45, 7) is 1.54. The molecule has 2 heterocycles. The van der Waals surface area contributed by atoms with Crippen molar-refractivity contribution in [2.24, 2.45) is 0 Å². The Morgan fingerprint density at radius 3 is 2.42 bits per heavy atom. The van der Waals surface area contributed by atoms with Crippen LogP contribution in [0, 0.1) is 17.5 Å². The molecule has 122 valence electrons. The Balaban J connectivity index is 1.90. The van der Waals surface area contributed by atoms with Crippen LogP contribution in [0.1, 0.15) is 0 Å². The molecule has 0 spiro atoms. The summed E-state index contributed by atoms with van der Waals surface area (Å²) < 4.78 is 41.0. The molecule has 4 rings (SSSR count). The Morgan fingerprint density at radius 1 is 0.958 bits per heavy atom. The summed E-state index contributed by atoms with van der Waals surface area (Å²) in [4.78, 5) is 8.68. The highest BCUT2D eigenvalue weighted by molar-refractivity contribution is 5.93. The summed E-state index contributed by atoms with van der Waals surface area (Å²) >= 11 is 0. The van der Waals surface area contributed by atoms with E-state index in [1.807, 2.05) is 0 Å². The Kier molecular flexibility index (Phi) is 3.57. The van der Waals surface area contributed by atoms with Crippen molar-refractivity contribution >= 4 is 16.9 Å². The largest absolute Gasteiger partial charge is 0.349 e. The molecule has 2 aromatic carbocycles. The first-order chi connectivity index (χ1) is 11.6. The summed E-state index contributed by atoms with van der Waals surface area (Å²) in [6, 6.07) is 7.49. The van der Waals surface area contributed by atoms with Crippen LogP contribution < -0.4 is 10.6 Å². The van der Waals surface area contributed by atoms with E-state index in [2.05, 4.69) is 20.6 Å². The van der Waals surface area contributed by atoms with Crippen molar-refractivity contribution in [2.75, 3.05) is 18.4 Å². The van der Waals surface area contributed by atoms with Gasteiger partial charge < -0.3 is 10.6 Å². The molecule has 0 amide bonds. The van der Waals surface area contributed by atoms with E-state index < -0.39 is 17.5 Å². The molecule has 0 saturated carbocycles. The van der Waals surface area contributed by atoms with Crippen LogP contribution in [-0.2, 0) is 0 Å². The van der Waals surface area contributed by atoms with Crippen LogP contribution in [-0.4, -0.2) is 29.1 Å². The van der Waals surface area contributed by atoms with E-state index in [-0.39, 0.29) is 11.6 Å². The minimum atomic E-state index is -0.726. The number of halogens is 3. The molecule has 0 radical (unpaired) electrons. The highest BCUT2D eigenvalue weighted by atomic mass is 19.1. The van der Waals surface area contributed by atoms with E-state index in [0.29, 0.717) is 22.5 Å². The van der Waals surface area contributed by atoms with Crippen molar-refractivity contribution in [3.8, 4) is 11.3 Å². The predicted molar refractivity (Wildman–Crippen MR) is 85.1 cm³/mol. The van der Waals surface area contributed by atoms with Gasteiger partial charge in [0.2, 0.25) is 5.95 Å². The third-order valence-electron chi connectivity index (χ3n) is 3.96. The highest BCUT2D eigenvalue weighted by Crippen LogP contribution is 2.30. The lowest BCUT2D eigenvalue weighted by Gasteiger charge is -2.28.